The average molecular weight is 877 g/mol. The maximum atomic E-state index is 15.4. The van der Waals surface area contributed by atoms with Gasteiger partial charge in [0.1, 0.15) is 17.2 Å². The summed E-state index contributed by atoms with van der Waals surface area (Å²) in [5, 5.41) is 0.455. The quantitative estimate of drug-likeness (QED) is 0.123. The van der Waals surface area contributed by atoms with E-state index in [-0.39, 0.29) is 12.9 Å². The van der Waals surface area contributed by atoms with Gasteiger partial charge in [0.25, 0.3) is 0 Å². The summed E-state index contributed by atoms with van der Waals surface area (Å²) in [5.41, 5.74) is 8.86. The summed E-state index contributed by atoms with van der Waals surface area (Å²) in [4.78, 5) is 16.1. The van der Waals surface area contributed by atoms with Gasteiger partial charge in [0.05, 0.1) is 33.1 Å². The molecule has 20 bridgehead atoms. The third-order valence-corrected chi connectivity index (χ3v) is 16.8. The summed E-state index contributed by atoms with van der Waals surface area (Å²) in [6.07, 6.45) is 7.22. The van der Waals surface area contributed by atoms with Crippen LogP contribution in [0.2, 0.25) is 0 Å². The Morgan fingerprint density at radius 3 is 1.37 bits per heavy atom. The lowest BCUT2D eigenvalue weighted by Crippen LogP contribution is -2.33. The van der Waals surface area contributed by atoms with Gasteiger partial charge < -0.3 is 38.5 Å². The maximum Gasteiger partial charge on any atom is 0.462 e. The first-order valence-corrected chi connectivity index (χ1v) is 23.8. The number of fused-ring (bicyclic) bond motifs is 19. The van der Waals surface area contributed by atoms with E-state index < -0.39 is 29.3 Å². The summed E-state index contributed by atoms with van der Waals surface area (Å²) in [6, 6.07) is 51.0. The van der Waals surface area contributed by atoms with E-state index in [9.17, 15) is 0 Å². The van der Waals surface area contributed by atoms with Gasteiger partial charge in [0.15, 0.2) is 6.79 Å². The molecule has 65 heavy (non-hydrogen) atoms. The molecule has 4 aromatic carbocycles. The number of benzene rings is 4. The molecule has 0 radical (unpaired) electrons. The van der Waals surface area contributed by atoms with Gasteiger partial charge >= 0.3 is 7.60 Å². The van der Waals surface area contributed by atoms with E-state index in [1.54, 1.807) is 12.1 Å². The lowest BCUT2D eigenvalue weighted by molar-refractivity contribution is -0.0154. The van der Waals surface area contributed by atoms with Crippen molar-refractivity contribution in [3.8, 4) is 17.2 Å². The van der Waals surface area contributed by atoms with Crippen molar-refractivity contribution in [1.82, 2.24) is 19.9 Å². The minimum atomic E-state index is -4.02. The second kappa shape index (κ2) is 14.3. The van der Waals surface area contributed by atoms with Gasteiger partial charge in [0, 0.05) is 45.6 Å². The fourth-order valence-corrected chi connectivity index (χ4v) is 12.2. The van der Waals surface area contributed by atoms with Gasteiger partial charge in [-0.2, -0.15) is 0 Å². The number of aromatic amines is 4. The number of allylic oxidation sites excluding steroid dienone is 2. The zero-order valence-corrected chi connectivity index (χ0v) is 37.5. The topological polar surface area (TPSA) is 117 Å². The molecule has 12 rings (SSSR count). The normalized spacial score (nSPS) is 27.5. The summed E-state index contributed by atoms with van der Waals surface area (Å²) in [5.74, 6) is 1.58. The van der Waals surface area contributed by atoms with Crippen LogP contribution in [-0.2, 0) is 31.0 Å². The van der Waals surface area contributed by atoms with Crippen molar-refractivity contribution in [2.45, 2.75) is 61.9 Å². The molecule has 1 aliphatic carbocycles. The number of H-pyrrole nitrogens is 4. The molecule has 0 spiro atoms. The van der Waals surface area contributed by atoms with Crippen LogP contribution in [0.25, 0.3) is 0 Å². The number of aromatic nitrogens is 4. The van der Waals surface area contributed by atoms with Crippen LogP contribution in [0.5, 0.6) is 17.2 Å². The van der Waals surface area contributed by atoms with Gasteiger partial charge in [-0.25, -0.2) is 4.57 Å². The number of ether oxygens (including phenoxy) is 2. The van der Waals surface area contributed by atoms with Crippen LogP contribution in [0.1, 0.15) is 96.4 Å². The molecular weight excluding hydrogens is 828 g/mol. The van der Waals surface area contributed by atoms with Crippen LogP contribution in [0.3, 0.4) is 0 Å². The van der Waals surface area contributed by atoms with Gasteiger partial charge in [-0.3, -0.25) is 0 Å². The zero-order chi connectivity index (χ0) is 44.2. The van der Waals surface area contributed by atoms with Crippen molar-refractivity contribution in [3.63, 3.8) is 0 Å². The summed E-state index contributed by atoms with van der Waals surface area (Å²) < 4.78 is 41.5. The number of nitrogens with one attached hydrogen (secondary N) is 4. The Morgan fingerprint density at radius 1 is 0.492 bits per heavy atom. The number of rotatable bonds is 1. The Balaban J connectivity index is 1.19. The van der Waals surface area contributed by atoms with E-state index in [2.05, 4.69) is 145 Å². The lowest BCUT2D eigenvalue weighted by Gasteiger charge is -2.35. The Bertz CT molecular complexity index is 3260. The molecule has 3 aliphatic heterocycles. The van der Waals surface area contributed by atoms with E-state index in [1.807, 2.05) is 60.7 Å². The van der Waals surface area contributed by atoms with Gasteiger partial charge in [-0.15, -0.1) is 0 Å². The standard InChI is InChI=1S/C55H49N4O5P/c1-52-35-12-8-16-39(30-35)61-34-62-40-17-9-13-36(31-40)53(2,45-23-22-44(52)56-45)47-25-27-49(58-47)55(4)38-15-11-19-42(33-38)64-65(60,43-20-6-5-7-21-43)63-41-18-10-14-37(32-41)54(3,48-26-24-46(52)57-48)50-28-29-51(55)59-50/h5-16,18-33,40,56-59H,17,34H2,1-4H3/t40?,52-,53+,54-,55+,65?/m1/s1. The van der Waals surface area contributed by atoms with E-state index in [0.717, 1.165) is 80.0 Å². The van der Waals surface area contributed by atoms with Crippen LogP contribution in [-0.4, -0.2) is 32.8 Å². The van der Waals surface area contributed by atoms with Crippen LogP contribution >= 0.6 is 7.60 Å². The fourth-order valence-electron chi connectivity index (χ4n) is 10.7. The van der Waals surface area contributed by atoms with Crippen molar-refractivity contribution >= 4 is 12.9 Å². The van der Waals surface area contributed by atoms with Gasteiger partial charge in [-0.1, -0.05) is 72.8 Å². The van der Waals surface area contributed by atoms with Crippen LogP contribution < -0.4 is 19.1 Å². The summed E-state index contributed by atoms with van der Waals surface area (Å²) in [7, 11) is -4.02. The van der Waals surface area contributed by atoms with Crippen molar-refractivity contribution < 1.29 is 23.1 Å². The molecule has 7 heterocycles. The van der Waals surface area contributed by atoms with E-state index in [0.29, 0.717) is 16.8 Å². The van der Waals surface area contributed by atoms with Crippen LogP contribution in [0.15, 0.2) is 175 Å². The fraction of sp³-hybridized carbons (Fsp3) is 0.200. The molecular formula is C55H49N4O5P. The molecule has 0 saturated carbocycles. The average Bonchev–Trinajstić information content (AvgIpc) is 4.19. The van der Waals surface area contributed by atoms with Crippen molar-refractivity contribution in [1.29, 1.82) is 0 Å². The Labute approximate surface area is 378 Å². The first-order chi connectivity index (χ1) is 31.5. The van der Waals surface area contributed by atoms with Crippen molar-refractivity contribution in [2.75, 3.05) is 6.79 Å². The number of hydrogen-bond donors (Lipinski definition) is 4. The van der Waals surface area contributed by atoms with E-state index >= 15 is 4.57 Å². The monoisotopic (exact) mass is 876 g/mol. The minimum absolute atomic E-state index is 0.113. The van der Waals surface area contributed by atoms with Crippen molar-refractivity contribution in [3.05, 3.63) is 238 Å². The third kappa shape index (κ3) is 5.91. The molecule has 8 aromatic rings. The highest BCUT2D eigenvalue weighted by Crippen LogP contribution is 2.52. The first-order valence-electron chi connectivity index (χ1n) is 22.3. The molecule has 324 valence electrons. The highest BCUT2D eigenvalue weighted by molar-refractivity contribution is 7.63. The van der Waals surface area contributed by atoms with Crippen LogP contribution in [0, 0.1) is 0 Å². The van der Waals surface area contributed by atoms with Gasteiger partial charge in [0.2, 0.25) is 0 Å². The van der Waals surface area contributed by atoms with E-state index in [4.69, 9.17) is 18.5 Å². The highest BCUT2D eigenvalue weighted by Gasteiger charge is 2.45. The summed E-state index contributed by atoms with van der Waals surface area (Å²) >= 11 is 0. The second-order valence-corrected chi connectivity index (χ2v) is 20.3. The molecule has 6 atom stereocenters. The van der Waals surface area contributed by atoms with E-state index in [1.165, 1.54) is 0 Å². The Hall–Kier alpha value is -6.93. The third-order valence-electron chi connectivity index (χ3n) is 14.9. The predicted molar refractivity (Wildman–Crippen MR) is 253 cm³/mol. The van der Waals surface area contributed by atoms with Gasteiger partial charge in [-0.05, 0) is 153 Å². The number of hydrogen-bond acceptors (Lipinski definition) is 5. The molecule has 0 fully saturated rings. The second-order valence-electron chi connectivity index (χ2n) is 18.5. The predicted octanol–water partition coefficient (Wildman–Crippen LogP) is 11.6. The molecule has 9 nitrogen and oxygen atoms in total. The highest BCUT2D eigenvalue weighted by atomic mass is 31.2. The maximum absolute atomic E-state index is 15.4. The first kappa shape index (κ1) is 39.6. The molecule has 10 heteroatoms. The Morgan fingerprint density at radius 2 is 0.908 bits per heavy atom. The molecule has 4 aromatic heterocycles. The smallest absolute Gasteiger partial charge is 0.462 e. The summed E-state index contributed by atoms with van der Waals surface area (Å²) in [6.45, 7) is 9.12. The molecule has 0 saturated heterocycles. The van der Waals surface area contributed by atoms with Crippen LogP contribution in [0.4, 0.5) is 0 Å². The minimum Gasteiger partial charge on any atom is -0.468 e. The molecule has 4 aliphatic rings. The Kier molecular flexibility index (Phi) is 8.71. The molecule has 2 unspecified atom stereocenters. The zero-order valence-electron chi connectivity index (χ0n) is 36.6. The molecule has 0 amide bonds. The SMILES string of the molecule is C[C@]12C3=CC(CC=C3)OCOc3cccc(c3)[C@](C)(c3ccc1[nH]3)c1ccc([nH]1)[C@@]1(C)c3cccc(c3)OP(=O)(c3ccccc3)Oc3cccc(c3)[C@@](C)(c3ccc2[nH]3)c2ccc1[nH]2. The lowest BCUT2D eigenvalue weighted by atomic mass is 9.74. The largest absolute Gasteiger partial charge is 0.468 e. The molecule has 4 N–H and O–H groups in total. The van der Waals surface area contributed by atoms with Crippen molar-refractivity contribution in [2.24, 2.45) is 0 Å².